The van der Waals surface area contributed by atoms with Crippen molar-refractivity contribution in [3.05, 3.63) is 98.4 Å². The Kier molecular flexibility index (Phi) is 8.11. The van der Waals surface area contributed by atoms with E-state index in [1.807, 2.05) is 24.3 Å². The van der Waals surface area contributed by atoms with E-state index >= 15 is 0 Å². The van der Waals surface area contributed by atoms with Crippen molar-refractivity contribution >= 4 is 90.4 Å². The summed E-state index contributed by atoms with van der Waals surface area (Å²) in [4.78, 5) is 25.5. The van der Waals surface area contributed by atoms with Gasteiger partial charge in [-0.2, -0.15) is 0 Å². The van der Waals surface area contributed by atoms with Crippen molar-refractivity contribution in [2.45, 2.75) is 0 Å². The number of anilines is 2. The summed E-state index contributed by atoms with van der Waals surface area (Å²) >= 11 is 20.8. The van der Waals surface area contributed by atoms with Crippen LogP contribution in [0.25, 0.3) is 10.8 Å². The van der Waals surface area contributed by atoms with Gasteiger partial charge in [0.25, 0.3) is 11.8 Å². The van der Waals surface area contributed by atoms with Crippen LogP contribution in [0.2, 0.25) is 10.0 Å². The molecule has 0 atom stereocenters. The van der Waals surface area contributed by atoms with Gasteiger partial charge in [0.15, 0.2) is 5.11 Å². The van der Waals surface area contributed by atoms with Crippen LogP contribution in [-0.2, 0) is 0 Å². The summed E-state index contributed by atoms with van der Waals surface area (Å²) < 4.78 is 6.16. The van der Waals surface area contributed by atoms with Crippen molar-refractivity contribution in [1.82, 2.24) is 5.32 Å². The first-order valence-electron chi connectivity index (χ1n) is 10.5. The number of hydrogen-bond donors (Lipinski definition) is 3. The van der Waals surface area contributed by atoms with Gasteiger partial charge in [0.05, 0.1) is 27.7 Å². The van der Waals surface area contributed by atoms with Crippen LogP contribution in [0, 0.1) is 0 Å². The molecule has 0 saturated carbocycles. The molecule has 182 valence electrons. The number of fused-ring (bicyclic) bond motifs is 1. The molecule has 0 aliphatic heterocycles. The van der Waals surface area contributed by atoms with Crippen molar-refractivity contribution in [3.63, 3.8) is 0 Å². The lowest BCUT2D eigenvalue weighted by atomic mass is 10.1. The van der Waals surface area contributed by atoms with E-state index in [2.05, 4.69) is 31.9 Å². The zero-order valence-corrected chi connectivity index (χ0v) is 22.6. The number of halogens is 3. The van der Waals surface area contributed by atoms with Crippen molar-refractivity contribution in [2.24, 2.45) is 0 Å². The molecule has 6 nitrogen and oxygen atoms in total. The van der Waals surface area contributed by atoms with Crippen LogP contribution < -0.4 is 20.7 Å². The first-order valence-corrected chi connectivity index (χ1v) is 12.5. The molecule has 4 aromatic carbocycles. The topological polar surface area (TPSA) is 79.5 Å². The molecule has 0 aliphatic rings. The molecule has 4 rings (SSSR count). The van der Waals surface area contributed by atoms with Gasteiger partial charge < -0.3 is 15.4 Å². The Bertz CT molecular complexity index is 1500. The Morgan fingerprint density at radius 1 is 0.861 bits per heavy atom. The maximum atomic E-state index is 13.0. The molecule has 0 aromatic heterocycles. The van der Waals surface area contributed by atoms with Crippen molar-refractivity contribution in [1.29, 1.82) is 0 Å². The van der Waals surface area contributed by atoms with Crippen LogP contribution in [0.1, 0.15) is 20.7 Å². The number of nitrogens with one attached hydrogen (secondary N) is 3. The molecular formula is C26H18BrCl2N3O3S. The summed E-state index contributed by atoms with van der Waals surface area (Å²) in [5.41, 5.74) is 1.82. The smallest absolute Gasteiger partial charge is 0.261 e. The minimum Gasteiger partial charge on any atom is -0.495 e. The summed E-state index contributed by atoms with van der Waals surface area (Å²) in [6.07, 6.45) is 0. The van der Waals surface area contributed by atoms with Gasteiger partial charge in [-0.05, 0) is 87.5 Å². The molecule has 4 aromatic rings. The fourth-order valence-corrected chi connectivity index (χ4v) is 4.94. The van der Waals surface area contributed by atoms with E-state index in [0.29, 0.717) is 37.7 Å². The van der Waals surface area contributed by atoms with E-state index in [9.17, 15) is 9.59 Å². The second-order valence-electron chi connectivity index (χ2n) is 7.56. The third kappa shape index (κ3) is 5.79. The fourth-order valence-electron chi connectivity index (χ4n) is 3.49. The van der Waals surface area contributed by atoms with Crippen LogP contribution >= 0.6 is 51.3 Å². The number of rotatable bonds is 5. The van der Waals surface area contributed by atoms with Gasteiger partial charge >= 0.3 is 0 Å². The molecule has 0 heterocycles. The van der Waals surface area contributed by atoms with Crippen molar-refractivity contribution < 1.29 is 14.3 Å². The lowest BCUT2D eigenvalue weighted by Crippen LogP contribution is -2.34. The molecule has 0 saturated heterocycles. The Hall–Kier alpha value is -3.17. The number of carbonyl (C=O) groups is 2. The number of thiocarbonyl (C=S) groups is 1. The lowest BCUT2D eigenvalue weighted by molar-refractivity contribution is 0.0973. The van der Waals surface area contributed by atoms with E-state index in [-0.39, 0.29) is 16.0 Å². The molecule has 36 heavy (non-hydrogen) atoms. The average Bonchev–Trinajstić information content (AvgIpc) is 2.85. The molecule has 3 N–H and O–H groups in total. The van der Waals surface area contributed by atoms with E-state index in [0.717, 1.165) is 10.8 Å². The number of carbonyl (C=O) groups excluding carboxylic acids is 2. The van der Waals surface area contributed by atoms with Gasteiger partial charge in [0.1, 0.15) is 5.75 Å². The maximum Gasteiger partial charge on any atom is 0.261 e. The summed E-state index contributed by atoms with van der Waals surface area (Å²) in [6.45, 7) is 0. The standard InChI is InChI=1S/C26H18BrCl2N3O3S/c1-35-23-20(12-14-4-2-3-5-18(14)22(23)27)25(34)32-26(36)31-17-9-7-16(8-10-17)30-24(33)19-11-6-15(28)13-21(19)29/h2-13H,1H3,(H,30,33)(H2,31,32,34,36). The zero-order chi connectivity index (χ0) is 25.8. The highest BCUT2D eigenvalue weighted by molar-refractivity contribution is 9.10. The quantitative estimate of drug-likeness (QED) is 0.209. The minimum atomic E-state index is -0.417. The molecule has 0 radical (unpaired) electrons. The van der Waals surface area contributed by atoms with E-state index in [4.69, 9.17) is 40.2 Å². The third-order valence-corrected chi connectivity index (χ3v) is 6.73. The van der Waals surface area contributed by atoms with Crippen LogP contribution in [0.5, 0.6) is 5.75 Å². The predicted molar refractivity (Wildman–Crippen MR) is 153 cm³/mol. The number of amides is 2. The van der Waals surface area contributed by atoms with E-state index in [1.165, 1.54) is 13.2 Å². The SMILES string of the molecule is COc1c(C(=O)NC(=S)Nc2ccc(NC(=O)c3ccc(Cl)cc3Cl)cc2)cc2ccccc2c1Br. The van der Waals surface area contributed by atoms with Crippen LogP contribution in [0.4, 0.5) is 11.4 Å². The average molecular weight is 603 g/mol. The molecule has 2 amide bonds. The number of ether oxygens (including phenoxy) is 1. The van der Waals surface area contributed by atoms with Gasteiger partial charge in [-0.1, -0.05) is 47.5 Å². The third-order valence-electron chi connectivity index (χ3n) is 5.19. The van der Waals surface area contributed by atoms with Crippen molar-refractivity contribution in [2.75, 3.05) is 17.7 Å². The molecule has 0 unspecified atom stereocenters. The highest BCUT2D eigenvalue weighted by Gasteiger charge is 2.19. The van der Waals surface area contributed by atoms with Gasteiger partial charge in [0, 0.05) is 16.4 Å². The first-order chi connectivity index (χ1) is 17.3. The molecule has 0 fully saturated rings. The normalized spacial score (nSPS) is 10.6. The highest BCUT2D eigenvalue weighted by atomic mass is 79.9. The molecule has 10 heteroatoms. The van der Waals surface area contributed by atoms with E-state index < -0.39 is 5.91 Å². The maximum absolute atomic E-state index is 13.0. The molecule has 0 spiro atoms. The van der Waals surface area contributed by atoms with Crippen molar-refractivity contribution in [3.8, 4) is 5.75 Å². The van der Waals surface area contributed by atoms with E-state index in [1.54, 1.807) is 42.5 Å². The summed E-state index contributed by atoms with van der Waals surface area (Å²) in [6, 6.07) is 20.9. The predicted octanol–water partition coefficient (Wildman–Crippen LogP) is 7.30. The van der Waals surface area contributed by atoms with Crippen LogP contribution in [-0.4, -0.2) is 24.0 Å². The Morgan fingerprint density at radius 3 is 2.19 bits per heavy atom. The number of hydrogen-bond acceptors (Lipinski definition) is 4. The van der Waals surface area contributed by atoms with Gasteiger partial charge in [-0.15, -0.1) is 0 Å². The monoisotopic (exact) mass is 601 g/mol. The summed E-state index contributed by atoms with van der Waals surface area (Å²) in [7, 11) is 1.50. The number of methoxy groups -OCH3 is 1. The van der Waals surface area contributed by atoms with Crippen LogP contribution in [0.3, 0.4) is 0 Å². The van der Waals surface area contributed by atoms with Gasteiger partial charge in [-0.25, -0.2) is 0 Å². The zero-order valence-electron chi connectivity index (χ0n) is 18.7. The highest BCUT2D eigenvalue weighted by Crippen LogP contribution is 2.36. The first kappa shape index (κ1) is 25.9. The summed E-state index contributed by atoms with van der Waals surface area (Å²) in [5, 5.41) is 11.0. The molecule has 0 bridgehead atoms. The molecule has 0 aliphatic carbocycles. The Labute approximate surface area is 231 Å². The fraction of sp³-hybridized carbons (Fsp3) is 0.0385. The molecular weight excluding hydrogens is 585 g/mol. The second kappa shape index (κ2) is 11.3. The van der Waals surface area contributed by atoms with Gasteiger partial charge in [-0.3, -0.25) is 14.9 Å². The Balaban J connectivity index is 1.42. The second-order valence-corrected chi connectivity index (χ2v) is 9.60. The number of benzene rings is 4. The minimum absolute atomic E-state index is 0.107. The largest absolute Gasteiger partial charge is 0.495 e. The van der Waals surface area contributed by atoms with Crippen LogP contribution in [0.15, 0.2) is 77.3 Å². The lowest BCUT2D eigenvalue weighted by Gasteiger charge is -2.15. The Morgan fingerprint density at radius 2 is 1.53 bits per heavy atom. The van der Waals surface area contributed by atoms with Gasteiger partial charge in [0.2, 0.25) is 0 Å². The summed E-state index contributed by atoms with van der Waals surface area (Å²) in [5.74, 6) is -0.370.